The van der Waals surface area contributed by atoms with Gasteiger partial charge in [0, 0.05) is 23.7 Å². The van der Waals surface area contributed by atoms with Crippen LogP contribution in [0.3, 0.4) is 0 Å². The Kier molecular flexibility index (Phi) is 5.31. The van der Waals surface area contributed by atoms with Crippen molar-refractivity contribution in [3.63, 3.8) is 0 Å². The van der Waals surface area contributed by atoms with Gasteiger partial charge in [-0.05, 0) is 24.3 Å². The molecule has 3 rings (SSSR count). The number of rotatable bonds is 6. The zero-order valence-electron chi connectivity index (χ0n) is 14.9. The van der Waals surface area contributed by atoms with Crippen molar-refractivity contribution < 1.29 is 22.7 Å². The Morgan fingerprint density at radius 2 is 1.85 bits per heavy atom. The molecule has 1 amide bonds. The summed E-state index contributed by atoms with van der Waals surface area (Å²) in [5.74, 6) is 1.08. The maximum absolute atomic E-state index is 12.1. The molecule has 0 bridgehead atoms. The molecule has 2 aromatic carbocycles. The van der Waals surface area contributed by atoms with Gasteiger partial charge >= 0.3 is 0 Å². The van der Waals surface area contributed by atoms with Gasteiger partial charge in [-0.25, -0.2) is 8.42 Å². The molecule has 0 radical (unpaired) electrons. The van der Waals surface area contributed by atoms with Gasteiger partial charge in [0.15, 0.2) is 11.5 Å². The summed E-state index contributed by atoms with van der Waals surface area (Å²) in [7, 11) is -0.529. The SMILES string of the molecule is COc1ccc(NC(=O)CCN=C2NS(=O)(=O)c3ccccc32)cc1OC. The lowest BCUT2D eigenvalue weighted by molar-refractivity contribution is -0.116. The second-order valence-corrected chi connectivity index (χ2v) is 7.35. The summed E-state index contributed by atoms with van der Waals surface area (Å²) in [6.07, 6.45) is 0.0989. The lowest BCUT2D eigenvalue weighted by Crippen LogP contribution is -2.23. The minimum atomic E-state index is -3.58. The number of fused-ring (bicyclic) bond motifs is 1. The van der Waals surface area contributed by atoms with Crippen molar-refractivity contribution in [1.82, 2.24) is 4.72 Å². The van der Waals surface area contributed by atoms with Gasteiger partial charge in [0.25, 0.3) is 10.0 Å². The predicted molar refractivity (Wildman–Crippen MR) is 101 cm³/mol. The topological polar surface area (TPSA) is 106 Å². The lowest BCUT2D eigenvalue weighted by Gasteiger charge is -2.10. The highest BCUT2D eigenvalue weighted by atomic mass is 32.2. The van der Waals surface area contributed by atoms with Gasteiger partial charge in [-0.15, -0.1) is 0 Å². The third kappa shape index (κ3) is 4.03. The smallest absolute Gasteiger partial charge is 0.263 e. The number of benzene rings is 2. The first kappa shape index (κ1) is 18.7. The van der Waals surface area contributed by atoms with Crippen LogP contribution in [0.1, 0.15) is 12.0 Å². The quantitative estimate of drug-likeness (QED) is 0.783. The van der Waals surface area contributed by atoms with E-state index in [4.69, 9.17) is 9.47 Å². The van der Waals surface area contributed by atoms with Crippen molar-refractivity contribution >= 4 is 27.5 Å². The van der Waals surface area contributed by atoms with E-state index in [1.165, 1.54) is 20.3 Å². The highest BCUT2D eigenvalue weighted by Gasteiger charge is 2.29. The zero-order chi connectivity index (χ0) is 19.4. The number of hydrogen-bond acceptors (Lipinski definition) is 6. The normalized spacial score (nSPS) is 15.7. The van der Waals surface area contributed by atoms with Gasteiger partial charge in [-0.1, -0.05) is 12.1 Å². The van der Waals surface area contributed by atoms with E-state index < -0.39 is 10.0 Å². The van der Waals surface area contributed by atoms with Gasteiger partial charge in [-0.2, -0.15) is 0 Å². The number of sulfonamides is 1. The number of nitrogens with one attached hydrogen (secondary N) is 2. The van der Waals surface area contributed by atoms with Crippen molar-refractivity contribution in [2.45, 2.75) is 11.3 Å². The molecule has 1 aliphatic heterocycles. The number of carbonyl (C=O) groups excluding carboxylic acids is 1. The molecule has 0 aliphatic carbocycles. The molecule has 0 aromatic heterocycles. The minimum absolute atomic E-state index is 0.0989. The predicted octanol–water partition coefficient (Wildman–Crippen LogP) is 1.77. The Labute approximate surface area is 157 Å². The average molecular weight is 389 g/mol. The average Bonchev–Trinajstić information content (AvgIpc) is 2.92. The van der Waals surface area contributed by atoms with Crippen LogP contribution in [0.25, 0.3) is 0 Å². The molecule has 0 unspecified atom stereocenters. The number of amides is 1. The summed E-state index contributed by atoms with van der Waals surface area (Å²) in [5.41, 5.74) is 1.08. The highest BCUT2D eigenvalue weighted by molar-refractivity contribution is 7.90. The van der Waals surface area contributed by atoms with Gasteiger partial charge in [0.05, 0.1) is 25.7 Å². The summed E-state index contributed by atoms with van der Waals surface area (Å²) in [4.78, 5) is 16.5. The fraction of sp³-hybridized carbons (Fsp3) is 0.222. The molecule has 8 nitrogen and oxygen atoms in total. The van der Waals surface area contributed by atoms with Gasteiger partial charge < -0.3 is 14.8 Å². The molecule has 0 fully saturated rings. The number of nitrogens with zero attached hydrogens (tertiary/aromatic N) is 1. The summed E-state index contributed by atoms with van der Waals surface area (Å²) in [6.45, 7) is 0.144. The van der Waals surface area contributed by atoms with Crippen LogP contribution in [0.15, 0.2) is 52.4 Å². The molecule has 27 heavy (non-hydrogen) atoms. The third-order valence-corrected chi connectivity index (χ3v) is 5.34. The molecule has 1 heterocycles. The van der Waals surface area contributed by atoms with E-state index in [1.807, 2.05) is 0 Å². The molecule has 0 spiro atoms. The number of anilines is 1. The first-order valence-corrected chi connectivity index (χ1v) is 9.61. The number of aliphatic imine (C=N–C) groups is 1. The van der Waals surface area contributed by atoms with Crippen LogP contribution in [0.5, 0.6) is 11.5 Å². The molecule has 0 saturated carbocycles. The van der Waals surface area contributed by atoms with E-state index in [0.717, 1.165) is 0 Å². The molecule has 9 heteroatoms. The van der Waals surface area contributed by atoms with Crippen LogP contribution in [0.4, 0.5) is 5.69 Å². The fourth-order valence-corrected chi connectivity index (χ4v) is 3.91. The molecule has 2 N–H and O–H groups in total. The molecule has 0 atom stereocenters. The number of methoxy groups -OCH3 is 2. The molecule has 0 saturated heterocycles. The van der Waals surface area contributed by atoms with Crippen molar-refractivity contribution in [1.29, 1.82) is 0 Å². The molecular formula is C18H19N3O5S. The number of hydrogen-bond donors (Lipinski definition) is 2. The summed E-state index contributed by atoms with van der Waals surface area (Å²) >= 11 is 0. The summed E-state index contributed by atoms with van der Waals surface area (Å²) in [6, 6.07) is 11.6. The minimum Gasteiger partial charge on any atom is -0.493 e. The Bertz CT molecular complexity index is 1000. The van der Waals surface area contributed by atoms with E-state index in [-0.39, 0.29) is 29.6 Å². The van der Waals surface area contributed by atoms with Crippen molar-refractivity contribution in [2.24, 2.45) is 4.99 Å². The van der Waals surface area contributed by atoms with Crippen LogP contribution in [-0.4, -0.2) is 40.9 Å². The van der Waals surface area contributed by atoms with Crippen molar-refractivity contribution in [3.8, 4) is 11.5 Å². The summed E-state index contributed by atoms with van der Waals surface area (Å²) < 4.78 is 36.8. The molecule has 2 aromatic rings. The Hall–Kier alpha value is -3.07. The first-order valence-electron chi connectivity index (χ1n) is 8.13. The first-order chi connectivity index (χ1) is 12.9. The largest absolute Gasteiger partial charge is 0.493 e. The van der Waals surface area contributed by atoms with Gasteiger partial charge in [0.1, 0.15) is 5.84 Å². The Morgan fingerprint density at radius 1 is 1.11 bits per heavy atom. The Morgan fingerprint density at radius 3 is 2.59 bits per heavy atom. The maximum atomic E-state index is 12.1. The highest BCUT2D eigenvalue weighted by Crippen LogP contribution is 2.29. The third-order valence-electron chi connectivity index (χ3n) is 3.94. The zero-order valence-corrected chi connectivity index (χ0v) is 15.7. The molecule has 142 valence electrons. The second kappa shape index (κ2) is 7.67. The second-order valence-electron chi connectivity index (χ2n) is 5.70. The molecule has 1 aliphatic rings. The van der Waals surface area contributed by atoms with E-state index >= 15 is 0 Å². The number of carbonyl (C=O) groups is 1. The number of amidine groups is 1. The standard InChI is InChI=1S/C18H19N3O5S/c1-25-14-8-7-12(11-15(14)26-2)20-17(22)9-10-19-18-13-5-3-4-6-16(13)27(23,24)21-18/h3-8,11H,9-10H2,1-2H3,(H,19,21)(H,20,22). The van der Waals surface area contributed by atoms with E-state index in [2.05, 4.69) is 15.0 Å². The van der Waals surface area contributed by atoms with Crippen LogP contribution in [0, 0.1) is 0 Å². The van der Waals surface area contributed by atoms with Gasteiger partial charge in [-0.3, -0.25) is 14.5 Å². The van der Waals surface area contributed by atoms with E-state index in [1.54, 1.807) is 36.4 Å². The van der Waals surface area contributed by atoms with Crippen molar-refractivity contribution in [2.75, 3.05) is 26.1 Å². The fourth-order valence-electron chi connectivity index (χ4n) is 2.66. The molecular weight excluding hydrogens is 370 g/mol. The van der Waals surface area contributed by atoms with E-state index in [0.29, 0.717) is 22.7 Å². The maximum Gasteiger partial charge on any atom is 0.263 e. The Balaban J connectivity index is 1.63. The van der Waals surface area contributed by atoms with Crippen LogP contribution < -0.4 is 19.5 Å². The lowest BCUT2D eigenvalue weighted by atomic mass is 10.2. The van der Waals surface area contributed by atoms with Crippen LogP contribution >= 0.6 is 0 Å². The van der Waals surface area contributed by atoms with E-state index in [9.17, 15) is 13.2 Å². The monoisotopic (exact) mass is 389 g/mol. The number of ether oxygens (including phenoxy) is 2. The van der Waals surface area contributed by atoms with Crippen molar-refractivity contribution in [3.05, 3.63) is 48.0 Å². The van der Waals surface area contributed by atoms with Gasteiger partial charge in [0.2, 0.25) is 5.91 Å². The summed E-state index contributed by atoms with van der Waals surface area (Å²) in [5, 5.41) is 2.75. The van der Waals surface area contributed by atoms with Crippen LogP contribution in [-0.2, 0) is 14.8 Å². The van der Waals surface area contributed by atoms with Crippen LogP contribution in [0.2, 0.25) is 0 Å².